The molecule has 0 spiro atoms. The Morgan fingerprint density at radius 1 is 0.224 bits per heavy atom. The molecule has 0 amide bonds. The Bertz CT molecular complexity index is 3320. The van der Waals surface area contributed by atoms with E-state index in [0.29, 0.717) is 21.5 Å². The van der Waals surface area contributed by atoms with Crippen molar-refractivity contribution in [1.82, 2.24) is 0 Å². The number of halogens is 4. The average molecular weight is 751 g/mol. The van der Waals surface area contributed by atoms with Crippen LogP contribution in [0.4, 0.5) is 17.6 Å². The molecule has 0 nitrogen and oxygen atoms in total. The minimum Gasteiger partial charge on any atom is -0.204 e. The summed E-state index contributed by atoms with van der Waals surface area (Å²) in [6.45, 7) is 0. The van der Waals surface area contributed by atoms with Gasteiger partial charge in [-0.2, -0.15) is 0 Å². The van der Waals surface area contributed by atoms with E-state index in [4.69, 9.17) is 0 Å². The summed E-state index contributed by atoms with van der Waals surface area (Å²) in [5, 5.41) is 11.7. The van der Waals surface area contributed by atoms with E-state index in [-0.39, 0.29) is 0 Å². The van der Waals surface area contributed by atoms with Crippen LogP contribution < -0.4 is 0 Å². The molecule has 11 aromatic carbocycles. The number of rotatable bonds is 2. The minimum absolute atomic E-state index is 0.668. The van der Waals surface area contributed by atoms with Gasteiger partial charge in [-0.25, -0.2) is 17.6 Å². The molecule has 0 N–H and O–H groups in total. The van der Waals surface area contributed by atoms with Gasteiger partial charge in [-0.05, 0) is 180 Å². The molecule has 0 atom stereocenters. The van der Waals surface area contributed by atoms with E-state index in [1.807, 2.05) is 24.3 Å². The normalized spacial score (nSPS) is 12.5. The van der Waals surface area contributed by atoms with E-state index in [2.05, 4.69) is 109 Å². The fourth-order valence-electron chi connectivity index (χ4n) is 10.3. The highest BCUT2D eigenvalue weighted by Gasteiger charge is 2.28. The number of hydrogen-bond donors (Lipinski definition) is 0. The molecule has 0 radical (unpaired) electrons. The topological polar surface area (TPSA) is 0 Å². The molecule has 2 aliphatic rings. The van der Waals surface area contributed by atoms with Crippen molar-refractivity contribution in [3.8, 4) is 66.8 Å². The summed E-state index contributed by atoms with van der Waals surface area (Å²) in [5.74, 6) is -3.40. The Labute approximate surface area is 328 Å². The molecule has 0 saturated carbocycles. The minimum atomic E-state index is -0.850. The van der Waals surface area contributed by atoms with Crippen LogP contribution in [0, 0.1) is 23.3 Å². The van der Waals surface area contributed by atoms with Gasteiger partial charge in [0.05, 0.1) is 0 Å². The quantitative estimate of drug-likeness (QED) is 0.122. The first-order chi connectivity index (χ1) is 28.4. The first-order valence-corrected chi connectivity index (χ1v) is 19.3. The van der Waals surface area contributed by atoms with Gasteiger partial charge in [0.25, 0.3) is 0 Å². The summed E-state index contributed by atoms with van der Waals surface area (Å²) >= 11 is 0. The molecule has 0 aromatic heterocycles. The highest BCUT2D eigenvalue weighted by molar-refractivity contribution is 6.29. The summed E-state index contributed by atoms with van der Waals surface area (Å²) in [4.78, 5) is 0. The Hall–Kier alpha value is -7.30. The van der Waals surface area contributed by atoms with Crippen LogP contribution in [0.15, 0.2) is 158 Å². The van der Waals surface area contributed by atoms with Crippen LogP contribution in [0.3, 0.4) is 0 Å². The molecule has 58 heavy (non-hydrogen) atoms. The van der Waals surface area contributed by atoms with Crippen molar-refractivity contribution in [2.24, 2.45) is 0 Å². The lowest BCUT2D eigenvalue weighted by Crippen LogP contribution is -1.93. The predicted molar refractivity (Wildman–Crippen MR) is 231 cm³/mol. The molecule has 4 heteroatoms. The lowest BCUT2D eigenvalue weighted by molar-refractivity contribution is 0.511. The van der Waals surface area contributed by atoms with Crippen LogP contribution in [-0.4, -0.2) is 0 Å². The molecule has 13 rings (SSSR count). The third-order valence-electron chi connectivity index (χ3n) is 12.7. The van der Waals surface area contributed by atoms with Crippen molar-refractivity contribution in [1.29, 1.82) is 0 Å². The van der Waals surface area contributed by atoms with Crippen molar-refractivity contribution < 1.29 is 17.6 Å². The first kappa shape index (κ1) is 31.9. The fourth-order valence-corrected chi connectivity index (χ4v) is 10.3. The van der Waals surface area contributed by atoms with Gasteiger partial charge in [0.1, 0.15) is 0 Å². The Kier molecular flexibility index (Phi) is 6.14. The zero-order chi connectivity index (χ0) is 38.6. The Morgan fingerprint density at radius 3 is 0.828 bits per heavy atom. The molecule has 270 valence electrons. The maximum atomic E-state index is 14.4. The Morgan fingerprint density at radius 2 is 0.500 bits per heavy atom. The van der Waals surface area contributed by atoms with E-state index in [1.54, 1.807) is 0 Å². The van der Waals surface area contributed by atoms with Crippen LogP contribution in [0.25, 0.3) is 131 Å². The SMILES string of the molecule is Fc1cc2cc3c(cc2cc1F)-c1ccc(-c2c4ccccc4c(-c4ccc5c6c(cccc46)-c4cc6cc(F)c(F)cc6cc4-5)c4ccccc24)c2cccc-3c12. The lowest BCUT2D eigenvalue weighted by Gasteiger charge is -2.20. The second-order valence-corrected chi connectivity index (χ2v) is 15.6. The van der Waals surface area contributed by atoms with E-state index < -0.39 is 23.3 Å². The van der Waals surface area contributed by atoms with Crippen LogP contribution >= 0.6 is 0 Å². The third-order valence-corrected chi connectivity index (χ3v) is 12.7. The monoisotopic (exact) mass is 750 g/mol. The molecule has 0 unspecified atom stereocenters. The summed E-state index contributed by atoms with van der Waals surface area (Å²) in [7, 11) is 0. The summed E-state index contributed by atoms with van der Waals surface area (Å²) in [6, 6.07) is 52.0. The molecule has 0 saturated heterocycles. The molecule has 0 aliphatic heterocycles. The van der Waals surface area contributed by atoms with Gasteiger partial charge in [-0.3, -0.25) is 0 Å². The number of hydrogen-bond acceptors (Lipinski definition) is 0. The summed E-state index contributed by atoms with van der Waals surface area (Å²) in [6.07, 6.45) is 0. The summed E-state index contributed by atoms with van der Waals surface area (Å²) < 4.78 is 57.5. The van der Waals surface area contributed by atoms with E-state index in [1.165, 1.54) is 24.3 Å². The number of benzene rings is 11. The lowest BCUT2D eigenvalue weighted by atomic mass is 9.83. The van der Waals surface area contributed by atoms with Crippen molar-refractivity contribution >= 4 is 64.6 Å². The maximum absolute atomic E-state index is 14.4. The molecule has 2 aliphatic carbocycles. The highest BCUT2D eigenvalue weighted by Crippen LogP contribution is 2.55. The van der Waals surface area contributed by atoms with Crippen LogP contribution in [0.5, 0.6) is 0 Å². The number of fused-ring (bicyclic) bond motifs is 10. The van der Waals surface area contributed by atoms with Gasteiger partial charge < -0.3 is 0 Å². The molecule has 0 bridgehead atoms. The second-order valence-electron chi connectivity index (χ2n) is 15.6. The average Bonchev–Trinajstić information content (AvgIpc) is 3.72. The van der Waals surface area contributed by atoms with Crippen molar-refractivity contribution in [3.05, 3.63) is 181 Å². The molecular formula is C54H26F4. The van der Waals surface area contributed by atoms with Crippen LogP contribution in [0.2, 0.25) is 0 Å². The van der Waals surface area contributed by atoms with Gasteiger partial charge in [-0.1, -0.05) is 109 Å². The molecule has 0 fully saturated rings. The third kappa shape index (κ3) is 4.08. The van der Waals surface area contributed by atoms with Crippen LogP contribution in [0.1, 0.15) is 0 Å². The Balaban J connectivity index is 1.07. The van der Waals surface area contributed by atoms with Gasteiger partial charge in [0.15, 0.2) is 23.3 Å². The van der Waals surface area contributed by atoms with Gasteiger partial charge in [-0.15, -0.1) is 0 Å². The standard InChI is InChI=1S/C54H26F4/c55-47-23-27-19-43-37-13-5-11-35-39(15-17-41(53(35)37)45(43)21-29(27)25-49(47)57)51-31-7-1-2-8-32(31)52(34-10-4-3-9-33(34)51)40-16-18-42-46-22-30-26-50(58)48(56)24-28(30)20-44(46)38-14-6-12-36(40)54(38)42/h1-26H. The van der Waals surface area contributed by atoms with E-state index in [0.717, 1.165) is 110 Å². The molecular weight excluding hydrogens is 725 g/mol. The zero-order valence-electron chi connectivity index (χ0n) is 30.5. The molecule has 11 aromatic rings. The fraction of sp³-hybridized carbons (Fsp3) is 0. The van der Waals surface area contributed by atoms with Crippen molar-refractivity contribution in [2.75, 3.05) is 0 Å². The predicted octanol–water partition coefficient (Wildman–Crippen LogP) is 15.8. The van der Waals surface area contributed by atoms with E-state index in [9.17, 15) is 17.6 Å². The van der Waals surface area contributed by atoms with Gasteiger partial charge in [0.2, 0.25) is 0 Å². The van der Waals surface area contributed by atoms with Gasteiger partial charge in [0, 0.05) is 0 Å². The maximum Gasteiger partial charge on any atom is 0.159 e. The van der Waals surface area contributed by atoms with Crippen LogP contribution in [-0.2, 0) is 0 Å². The summed E-state index contributed by atoms with van der Waals surface area (Å²) in [5.41, 5.74) is 12.9. The highest BCUT2D eigenvalue weighted by atomic mass is 19.2. The zero-order valence-corrected chi connectivity index (χ0v) is 30.5. The largest absolute Gasteiger partial charge is 0.204 e. The molecule has 0 heterocycles. The van der Waals surface area contributed by atoms with Crippen molar-refractivity contribution in [2.45, 2.75) is 0 Å². The first-order valence-electron chi connectivity index (χ1n) is 19.3. The van der Waals surface area contributed by atoms with E-state index >= 15 is 0 Å². The smallest absolute Gasteiger partial charge is 0.159 e. The van der Waals surface area contributed by atoms with Gasteiger partial charge >= 0.3 is 0 Å². The second kappa shape index (κ2) is 11.2. The van der Waals surface area contributed by atoms with Crippen molar-refractivity contribution in [3.63, 3.8) is 0 Å².